The van der Waals surface area contributed by atoms with Crippen LogP contribution in [0, 0.1) is 12.3 Å². The maximum atomic E-state index is 13.3. The number of carbonyl (C=O) groups is 2. The highest BCUT2D eigenvalue weighted by Gasteiger charge is 2.39. The van der Waals surface area contributed by atoms with Crippen molar-refractivity contribution in [2.24, 2.45) is 0 Å². The summed E-state index contributed by atoms with van der Waals surface area (Å²) in [6.07, 6.45) is 1.47. The number of benzene rings is 1. The van der Waals surface area contributed by atoms with Crippen LogP contribution >= 0.6 is 11.6 Å². The first-order valence-corrected chi connectivity index (χ1v) is 9.45. The number of imidazole rings is 1. The fourth-order valence-electron chi connectivity index (χ4n) is 2.92. The van der Waals surface area contributed by atoms with E-state index in [2.05, 4.69) is 36.7 Å². The summed E-state index contributed by atoms with van der Waals surface area (Å²) in [5.41, 5.74) is -0.555. The SMILES string of the molecule is C#CCc1[nH]nc(C(F)(F)F)c1-c1cnc(C(=O)NCc2ccc(C(=O)NC)c(Cl)c2)[nH]1. The Labute approximate surface area is 185 Å². The summed E-state index contributed by atoms with van der Waals surface area (Å²) in [7, 11) is 1.47. The molecule has 0 spiro atoms. The van der Waals surface area contributed by atoms with Gasteiger partial charge in [0, 0.05) is 13.6 Å². The molecule has 2 aromatic heterocycles. The van der Waals surface area contributed by atoms with Crippen molar-refractivity contribution in [1.82, 2.24) is 30.8 Å². The molecular formula is C20H16ClF3N6O2. The number of alkyl halides is 3. The summed E-state index contributed by atoms with van der Waals surface area (Å²) in [6, 6.07) is 4.64. The molecule has 0 saturated heterocycles. The van der Waals surface area contributed by atoms with E-state index in [0.717, 1.165) is 6.20 Å². The lowest BCUT2D eigenvalue weighted by atomic mass is 10.1. The Bertz CT molecular complexity index is 1210. The molecule has 0 bridgehead atoms. The second-order valence-corrected chi connectivity index (χ2v) is 6.93. The molecule has 0 aliphatic rings. The van der Waals surface area contributed by atoms with Crippen molar-refractivity contribution in [2.45, 2.75) is 19.1 Å². The van der Waals surface area contributed by atoms with Gasteiger partial charge < -0.3 is 15.6 Å². The number of aromatic nitrogens is 4. The molecule has 0 saturated carbocycles. The van der Waals surface area contributed by atoms with Crippen LogP contribution in [0.1, 0.15) is 37.9 Å². The third kappa shape index (κ3) is 4.76. The molecule has 3 aromatic rings. The van der Waals surface area contributed by atoms with Gasteiger partial charge in [0.25, 0.3) is 11.8 Å². The Morgan fingerprint density at radius 1 is 1.28 bits per heavy atom. The van der Waals surface area contributed by atoms with Crippen LogP contribution in [0.2, 0.25) is 5.02 Å². The molecule has 4 N–H and O–H groups in total. The summed E-state index contributed by atoms with van der Waals surface area (Å²) < 4.78 is 39.9. The highest BCUT2D eigenvalue weighted by atomic mass is 35.5. The molecule has 0 fully saturated rings. The van der Waals surface area contributed by atoms with Crippen molar-refractivity contribution < 1.29 is 22.8 Å². The first kappa shape index (κ1) is 22.9. The van der Waals surface area contributed by atoms with Crippen molar-refractivity contribution in [3.05, 3.63) is 57.8 Å². The molecule has 166 valence electrons. The van der Waals surface area contributed by atoms with E-state index in [9.17, 15) is 22.8 Å². The van der Waals surface area contributed by atoms with Gasteiger partial charge in [0.15, 0.2) is 11.5 Å². The number of terminal acetylenes is 1. The minimum Gasteiger partial charge on any atom is -0.355 e. The summed E-state index contributed by atoms with van der Waals surface area (Å²) >= 11 is 6.08. The first-order chi connectivity index (χ1) is 15.2. The minimum absolute atomic E-state index is 0.0461. The minimum atomic E-state index is -4.73. The van der Waals surface area contributed by atoms with Crippen molar-refractivity contribution in [1.29, 1.82) is 0 Å². The van der Waals surface area contributed by atoms with E-state index < -0.39 is 17.8 Å². The lowest BCUT2D eigenvalue weighted by Gasteiger charge is -2.07. The number of nitrogens with one attached hydrogen (secondary N) is 4. The van der Waals surface area contributed by atoms with Gasteiger partial charge in [-0.25, -0.2) is 4.98 Å². The number of hydrogen-bond acceptors (Lipinski definition) is 4. The zero-order valence-corrected chi connectivity index (χ0v) is 17.3. The normalized spacial score (nSPS) is 11.1. The number of hydrogen-bond donors (Lipinski definition) is 4. The van der Waals surface area contributed by atoms with Crippen LogP contribution < -0.4 is 10.6 Å². The van der Waals surface area contributed by atoms with Gasteiger partial charge in [-0.15, -0.1) is 12.3 Å². The lowest BCUT2D eigenvalue weighted by Crippen LogP contribution is -2.24. The van der Waals surface area contributed by atoms with E-state index in [-0.39, 0.29) is 52.2 Å². The van der Waals surface area contributed by atoms with Crippen LogP contribution in [0.5, 0.6) is 0 Å². The third-order valence-corrected chi connectivity index (χ3v) is 4.72. The first-order valence-electron chi connectivity index (χ1n) is 9.07. The van der Waals surface area contributed by atoms with Gasteiger partial charge in [-0.1, -0.05) is 17.7 Å². The monoisotopic (exact) mass is 464 g/mol. The lowest BCUT2D eigenvalue weighted by molar-refractivity contribution is -0.140. The van der Waals surface area contributed by atoms with Gasteiger partial charge in [-0.3, -0.25) is 14.7 Å². The van der Waals surface area contributed by atoms with Crippen molar-refractivity contribution in [2.75, 3.05) is 7.05 Å². The van der Waals surface area contributed by atoms with E-state index in [0.29, 0.717) is 5.56 Å². The highest BCUT2D eigenvalue weighted by molar-refractivity contribution is 6.33. The highest BCUT2D eigenvalue weighted by Crippen LogP contribution is 2.37. The predicted molar refractivity (Wildman–Crippen MR) is 110 cm³/mol. The second-order valence-electron chi connectivity index (χ2n) is 6.53. The van der Waals surface area contributed by atoms with E-state index in [1.165, 1.54) is 19.2 Å². The molecular weight excluding hydrogens is 449 g/mol. The predicted octanol–water partition coefficient (Wildman–Crippen LogP) is 2.94. The molecule has 0 radical (unpaired) electrons. The molecule has 0 atom stereocenters. The number of nitrogens with zero attached hydrogens (tertiary/aromatic N) is 2. The summed E-state index contributed by atoms with van der Waals surface area (Å²) in [5, 5.41) is 10.8. The van der Waals surface area contributed by atoms with Gasteiger partial charge >= 0.3 is 6.18 Å². The molecule has 32 heavy (non-hydrogen) atoms. The van der Waals surface area contributed by atoms with Gasteiger partial charge in [-0.05, 0) is 17.7 Å². The largest absolute Gasteiger partial charge is 0.435 e. The van der Waals surface area contributed by atoms with Crippen LogP contribution in [0.25, 0.3) is 11.3 Å². The molecule has 3 rings (SSSR count). The third-order valence-electron chi connectivity index (χ3n) is 4.41. The zero-order chi connectivity index (χ0) is 23.5. The van der Waals surface area contributed by atoms with Crippen molar-refractivity contribution in [3.8, 4) is 23.6 Å². The van der Waals surface area contributed by atoms with Gasteiger partial charge in [0.2, 0.25) is 0 Å². The van der Waals surface area contributed by atoms with E-state index >= 15 is 0 Å². The Balaban J connectivity index is 1.78. The smallest absolute Gasteiger partial charge is 0.355 e. The molecule has 1 aromatic carbocycles. The second kappa shape index (κ2) is 9.15. The number of H-pyrrole nitrogens is 2. The molecule has 2 amide bonds. The van der Waals surface area contributed by atoms with Crippen LogP contribution in [-0.4, -0.2) is 39.0 Å². The molecule has 0 aliphatic carbocycles. The number of halogens is 4. The molecule has 0 aliphatic heterocycles. The zero-order valence-electron chi connectivity index (χ0n) is 16.5. The number of aromatic amines is 2. The topological polar surface area (TPSA) is 116 Å². The standard InChI is InChI=1S/C20H16ClF3N6O2/c1-3-4-13-15(16(30-29-13)20(22,23)24)14-9-26-17(28-14)19(32)27-8-10-5-6-11(12(21)7-10)18(31)25-2/h1,5-7,9H,4,8H2,2H3,(H,25,31)(H,26,28)(H,27,32)(H,29,30). The Morgan fingerprint density at radius 3 is 2.66 bits per heavy atom. The molecule has 8 nitrogen and oxygen atoms in total. The average Bonchev–Trinajstić information content (AvgIpc) is 3.38. The maximum absolute atomic E-state index is 13.3. The van der Waals surface area contributed by atoms with Crippen molar-refractivity contribution >= 4 is 23.4 Å². The quantitative estimate of drug-likeness (QED) is 0.420. The molecule has 12 heteroatoms. The summed E-state index contributed by atoms with van der Waals surface area (Å²) in [5.74, 6) is 1.05. The molecule has 2 heterocycles. The Kier molecular flexibility index (Phi) is 6.55. The summed E-state index contributed by atoms with van der Waals surface area (Å²) in [4.78, 5) is 30.5. The van der Waals surface area contributed by atoms with Gasteiger partial charge in [0.1, 0.15) is 0 Å². The average molecular weight is 465 g/mol. The van der Waals surface area contributed by atoms with E-state index in [1.807, 2.05) is 0 Å². The Hall–Kier alpha value is -3.78. The fourth-order valence-corrected chi connectivity index (χ4v) is 3.21. The van der Waals surface area contributed by atoms with Crippen LogP contribution in [-0.2, 0) is 19.1 Å². The number of carbonyl (C=O) groups excluding carboxylic acids is 2. The van der Waals surface area contributed by atoms with Crippen molar-refractivity contribution in [3.63, 3.8) is 0 Å². The van der Waals surface area contributed by atoms with Crippen LogP contribution in [0.4, 0.5) is 13.2 Å². The summed E-state index contributed by atoms with van der Waals surface area (Å²) in [6.45, 7) is 0.0461. The van der Waals surface area contributed by atoms with Crippen LogP contribution in [0.15, 0.2) is 24.4 Å². The number of amides is 2. The van der Waals surface area contributed by atoms with Gasteiger partial charge in [0.05, 0.1) is 40.2 Å². The molecule has 0 unspecified atom stereocenters. The van der Waals surface area contributed by atoms with Crippen LogP contribution in [0.3, 0.4) is 0 Å². The maximum Gasteiger partial charge on any atom is 0.435 e. The van der Waals surface area contributed by atoms with E-state index in [4.69, 9.17) is 18.0 Å². The Morgan fingerprint density at radius 2 is 2.03 bits per heavy atom. The fraction of sp³-hybridized carbons (Fsp3) is 0.200. The van der Waals surface area contributed by atoms with E-state index in [1.54, 1.807) is 6.07 Å². The van der Waals surface area contributed by atoms with Gasteiger partial charge in [-0.2, -0.15) is 18.3 Å². The number of rotatable bonds is 6.